The number of fused-ring (bicyclic) bond motifs is 2. The van der Waals surface area contributed by atoms with Crippen molar-refractivity contribution < 1.29 is 14.7 Å². The third-order valence-corrected chi connectivity index (χ3v) is 4.11. The van der Waals surface area contributed by atoms with Gasteiger partial charge in [0.25, 0.3) is 0 Å². The monoisotopic (exact) mass is 245 g/mol. The Morgan fingerprint density at radius 3 is 2.61 bits per heavy atom. The highest BCUT2D eigenvalue weighted by molar-refractivity contribution is 6.02. The van der Waals surface area contributed by atoms with Crippen molar-refractivity contribution in [3.8, 4) is 0 Å². The summed E-state index contributed by atoms with van der Waals surface area (Å²) >= 11 is 0. The van der Waals surface area contributed by atoms with Crippen LogP contribution in [0.15, 0.2) is 30.3 Å². The fraction of sp³-hybridized carbons (Fsp3) is 0.429. The van der Waals surface area contributed by atoms with Crippen LogP contribution in [0.25, 0.3) is 0 Å². The molecule has 2 fully saturated rings. The van der Waals surface area contributed by atoms with Crippen LogP contribution in [0.2, 0.25) is 0 Å². The summed E-state index contributed by atoms with van der Waals surface area (Å²) in [7, 11) is 0. The lowest BCUT2D eigenvalue weighted by Crippen LogP contribution is -2.45. The molecule has 0 spiro atoms. The van der Waals surface area contributed by atoms with E-state index in [-0.39, 0.29) is 11.7 Å². The Bertz CT molecular complexity index is 485. The van der Waals surface area contributed by atoms with E-state index in [9.17, 15) is 14.7 Å². The molecule has 0 radical (unpaired) electrons. The lowest BCUT2D eigenvalue weighted by Gasteiger charge is -2.28. The fourth-order valence-electron chi connectivity index (χ4n) is 3.28. The van der Waals surface area contributed by atoms with Gasteiger partial charge in [-0.1, -0.05) is 30.3 Å². The van der Waals surface area contributed by atoms with Gasteiger partial charge >= 0.3 is 5.97 Å². The van der Waals surface area contributed by atoms with Crippen LogP contribution in [0.4, 0.5) is 0 Å². The summed E-state index contributed by atoms with van der Waals surface area (Å²) in [6.07, 6.45) is 0.898. The van der Waals surface area contributed by atoms with E-state index in [1.54, 1.807) is 12.1 Å². The quantitative estimate of drug-likeness (QED) is 0.815. The molecule has 4 heteroatoms. The number of hydrogen-bond acceptors (Lipinski definition) is 3. The first-order chi connectivity index (χ1) is 8.68. The number of Topliss-reactive ketones (excluding diaryl/α,β-unsaturated/α-hetero) is 1. The zero-order valence-electron chi connectivity index (χ0n) is 9.95. The van der Waals surface area contributed by atoms with Crippen LogP contribution in [-0.4, -0.2) is 40.9 Å². The van der Waals surface area contributed by atoms with E-state index in [0.29, 0.717) is 5.56 Å². The minimum Gasteiger partial charge on any atom is -0.481 e. The molecule has 4 nitrogen and oxygen atoms in total. The number of benzene rings is 1. The molecule has 18 heavy (non-hydrogen) atoms. The largest absolute Gasteiger partial charge is 0.481 e. The molecule has 2 unspecified atom stereocenters. The summed E-state index contributed by atoms with van der Waals surface area (Å²) < 4.78 is 0. The Morgan fingerprint density at radius 1 is 1.22 bits per heavy atom. The molecule has 1 aromatic carbocycles. The number of rotatable bonds is 3. The second-order valence-corrected chi connectivity index (χ2v) is 5.08. The molecule has 0 amide bonds. The maximum Gasteiger partial charge on any atom is 0.308 e. The smallest absolute Gasteiger partial charge is 0.308 e. The van der Waals surface area contributed by atoms with Crippen LogP contribution < -0.4 is 0 Å². The number of aliphatic carboxylic acids is 1. The average molecular weight is 245 g/mol. The average Bonchev–Trinajstić information content (AvgIpc) is 2.99. The molecule has 0 saturated carbocycles. The molecular formula is C14H15NO3. The minimum absolute atomic E-state index is 0.0507. The number of carboxylic acids is 1. The third-order valence-electron chi connectivity index (χ3n) is 4.11. The molecule has 4 atom stereocenters. The maximum absolute atomic E-state index is 12.4. The van der Waals surface area contributed by atoms with Crippen molar-refractivity contribution in [3.63, 3.8) is 0 Å². The van der Waals surface area contributed by atoms with Crippen molar-refractivity contribution >= 4 is 11.8 Å². The number of carboxylic acid groups (broad SMARTS) is 1. The number of piperidine rings is 1. The van der Waals surface area contributed by atoms with Crippen LogP contribution in [0, 0.1) is 11.8 Å². The van der Waals surface area contributed by atoms with Gasteiger partial charge in [-0.05, 0) is 18.9 Å². The maximum atomic E-state index is 12.4. The molecule has 94 valence electrons. The Balaban J connectivity index is 1.91. The predicted molar refractivity (Wildman–Crippen MR) is 65.4 cm³/mol. The first-order valence-corrected chi connectivity index (χ1v) is 6.24. The Labute approximate surface area is 105 Å². The normalized spacial score (nSPS) is 33.6. The molecule has 2 heterocycles. The topological polar surface area (TPSA) is 57.6 Å². The molecule has 2 aliphatic rings. The molecule has 0 aromatic heterocycles. The van der Waals surface area contributed by atoms with Crippen LogP contribution in [-0.2, 0) is 4.79 Å². The van der Waals surface area contributed by atoms with Gasteiger partial charge in [-0.3, -0.25) is 14.5 Å². The summed E-state index contributed by atoms with van der Waals surface area (Å²) in [6.45, 7) is 1.60. The first kappa shape index (κ1) is 11.4. The molecular weight excluding hydrogens is 230 g/mol. The summed E-state index contributed by atoms with van der Waals surface area (Å²) in [5.74, 6) is -1.28. The van der Waals surface area contributed by atoms with E-state index in [4.69, 9.17) is 0 Å². The zero-order chi connectivity index (χ0) is 12.7. The third kappa shape index (κ3) is 1.64. The highest BCUT2D eigenvalue weighted by Gasteiger charge is 2.52. The molecule has 2 bridgehead atoms. The number of nitrogens with zero attached hydrogens (tertiary/aromatic N) is 1. The van der Waals surface area contributed by atoms with E-state index < -0.39 is 17.9 Å². The van der Waals surface area contributed by atoms with Gasteiger partial charge in [-0.25, -0.2) is 0 Å². The van der Waals surface area contributed by atoms with Gasteiger partial charge in [0.2, 0.25) is 0 Å². The van der Waals surface area contributed by atoms with Gasteiger partial charge in [0, 0.05) is 12.1 Å². The van der Waals surface area contributed by atoms with Gasteiger partial charge in [-0.2, -0.15) is 0 Å². The minimum atomic E-state index is -0.837. The molecule has 1 N–H and O–H groups in total. The summed E-state index contributed by atoms with van der Waals surface area (Å²) in [4.78, 5) is 25.8. The number of carbonyl (C=O) groups is 2. The number of ketones is 1. The van der Waals surface area contributed by atoms with Crippen molar-refractivity contribution in [1.29, 1.82) is 0 Å². The van der Waals surface area contributed by atoms with E-state index in [0.717, 1.165) is 19.5 Å². The molecule has 3 rings (SSSR count). The standard InChI is InChI=1S/C14H15NO3/c16-13(9-4-2-1-3-5-9)12-11(14(17)18)10-6-7-15(12)8-10/h1-5,10-12H,6-8H2,(H,17,18)/t10-,11-,12?/m0/s1. The van der Waals surface area contributed by atoms with E-state index in [1.165, 1.54) is 0 Å². The first-order valence-electron chi connectivity index (χ1n) is 6.24. The summed E-state index contributed by atoms with van der Waals surface area (Å²) in [5.41, 5.74) is 0.612. The van der Waals surface area contributed by atoms with Gasteiger partial charge in [0.05, 0.1) is 12.0 Å². The Kier molecular flexibility index (Phi) is 2.67. The number of carbonyl (C=O) groups excluding carboxylic acids is 1. The second kappa shape index (κ2) is 4.21. The van der Waals surface area contributed by atoms with Crippen LogP contribution in [0.3, 0.4) is 0 Å². The summed E-state index contributed by atoms with van der Waals surface area (Å²) in [6, 6.07) is 8.52. The van der Waals surface area contributed by atoms with Crippen molar-refractivity contribution in [2.24, 2.45) is 11.8 Å². The van der Waals surface area contributed by atoms with Crippen LogP contribution >= 0.6 is 0 Å². The Morgan fingerprint density at radius 2 is 1.94 bits per heavy atom. The van der Waals surface area contributed by atoms with Crippen LogP contribution in [0.1, 0.15) is 16.8 Å². The van der Waals surface area contributed by atoms with Gasteiger partial charge in [0.1, 0.15) is 0 Å². The fourth-order valence-corrected chi connectivity index (χ4v) is 3.28. The van der Waals surface area contributed by atoms with Gasteiger partial charge in [0.15, 0.2) is 5.78 Å². The van der Waals surface area contributed by atoms with E-state index in [2.05, 4.69) is 0 Å². The lowest BCUT2D eigenvalue weighted by atomic mass is 9.83. The molecule has 1 aromatic rings. The predicted octanol–water partition coefficient (Wildman–Crippen LogP) is 1.27. The van der Waals surface area contributed by atoms with E-state index >= 15 is 0 Å². The highest BCUT2D eigenvalue weighted by Crippen LogP contribution is 2.39. The second-order valence-electron chi connectivity index (χ2n) is 5.08. The van der Waals surface area contributed by atoms with E-state index in [1.807, 2.05) is 23.1 Å². The lowest BCUT2D eigenvalue weighted by molar-refractivity contribution is -0.144. The molecule has 0 aliphatic carbocycles. The highest BCUT2D eigenvalue weighted by atomic mass is 16.4. The van der Waals surface area contributed by atoms with Crippen LogP contribution in [0.5, 0.6) is 0 Å². The van der Waals surface area contributed by atoms with Crippen molar-refractivity contribution in [1.82, 2.24) is 4.90 Å². The number of hydrogen-bond donors (Lipinski definition) is 1. The Hall–Kier alpha value is -1.68. The molecule has 2 aliphatic heterocycles. The van der Waals surface area contributed by atoms with Crippen molar-refractivity contribution in [2.75, 3.05) is 13.1 Å². The van der Waals surface area contributed by atoms with Gasteiger partial charge in [-0.15, -0.1) is 0 Å². The SMILES string of the molecule is O=C(c1ccccc1)C1[C@@H](C(=O)O)[C@H]2CCN1C2. The molecule has 2 saturated heterocycles. The zero-order valence-corrected chi connectivity index (χ0v) is 9.95. The van der Waals surface area contributed by atoms with Crippen molar-refractivity contribution in [3.05, 3.63) is 35.9 Å². The van der Waals surface area contributed by atoms with Crippen molar-refractivity contribution in [2.45, 2.75) is 12.5 Å². The van der Waals surface area contributed by atoms with Gasteiger partial charge < -0.3 is 5.11 Å². The summed E-state index contributed by atoms with van der Waals surface area (Å²) in [5, 5.41) is 9.32.